The summed E-state index contributed by atoms with van der Waals surface area (Å²) in [5, 5.41) is 5.06. The Morgan fingerprint density at radius 2 is 1.73 bits per heavy atom. The van der Waals surface area contributed by atoms with Gasteiger partial charge in [0, 0.05) is 6.04 Å². The van der Waals surface area contributed by atoms with Gasteiger partial charge in [0.15, 0.2) is 0 Å². The maximum Gasteiger partial charge on any atom is 0.408 e. The number of hydrogen-bond acceptors (Lipinski definition) is 6. The summed E-state index contributed by atoms with van der Waals surface area (Å²) < 4.78 is 9.83. The molecule has 0 heterocycles. The van der Waals surface area contributed by atoms with Crippen LogP contribution in [-0.2, 0) is 23.9 Å². The fourth-order valence-electron chi connectivity index (χ4n) is 3.46. The van der Waals surface area contributed by atoms with Crippen molar-refractivity contribution in [3.8, 4) is 0 Å². The number of methoxy groups -OCH3 is 1. The standard InChI is InChI=1S/C24H35N3O6/c1-14-8-9-17(10-15(14)2)21(22(30)25-13-20(29)32-7)27(18-11-16(18)3)19(28)12-26-23(31)33-24(4,5)6/h8-10,16,18,21H,11-13H2,1-7H3,(H,25,30)(H,26,31). The number of aryl methyl sites for hydroxylation is 2. The second kappa shape index (κ2) is 10.7. The lowest BCUT2D eigenvalue weighted by atomic mass is 9.98. The summed E-state index contributed by atoms with van der Waals surface area (Å²) in [6.45, 7) is 10.4. The van der Waals surface area contributed by atoms with E-state index in [1.165, 1.54) is 12.0 Å². The molecule has 0 saturated heterocycles. The van der Waals surface area contributed by atoms with Gasteiger partial charge in [0.1, 0.15) is 24.7 Å². The van der Waals surface area contributed by atoms with Gasteiger partial charge in [-0.3, -0.25) is 14.4 Å². The maximum atomic E-state index is 13.3. The van der Waals surface area contributed by atoms with Crippen LogP contribution in [0.5, 0.6) is 0 Å². The third-order valence-corrected chi connectivity index (χ3v) is 5.50. The molecule has 1 aliphatic rings. The van der Waals surface area contributed by atoms with Crippen LogP contribution in [0.15, 0.2) is 18.2 Å². The summed E-state index contributed by atoms with van der Waals surface area (Å²) in [5.41, 5.74) is 1.96. The largest absolute Gasteiger partial charge is 0.468 e. The fourth-order valence-corrected chi connectivity index (χ4v) is 3.46. The van der Waals surface area contributed by atoms with Gasteiger partial charge in [0.2, 0.25) is 11.8 Å². The zero-order chi connectivity index (χ0) is 24.9. The second-order valence-electron chi connectivity index (χ2n) is 9.48. The lowest BCUT2D eigenvalue weighted by molar-refractivity contribution is -0.144. The molecule has 3 atom stereocenters. The number of alkyl carbamates (subject to hydrolysis) is 1. The lowest BCUT2D eigenvalue weighted by Gasteiger charge is -2.32. The molecule has 0 bridgehead atoms. The molecule has 9 heteroatoms. The molecule has 1 aliphatic carbocycles. The summed E-state index contributed by atoms with van der Waals surface area (Å²) in [6, 6.07) is 4.44. The van der Waals surface area contributed by atoms with Crippen molar-refractivity contribution in [1.29, 1.82) is 0 Å². The van der Waals surface area contributed by atoms with Crippen molar-refractivity contribution in [1.82, 2.24) is 15.5 Å². The van der Waals surface area contributed by atoms with Crippen molar-refractivity contribution in [2.45, 2.75) is 65.6 Å². The van der Waals surface area contributed by atoms with Crippen LogP contribution < -0.4 is 10.6 Å². The molecule has 1 fully saturated rings. The summed E-state index contributed by atoms with van der Waals surface area (Å²) >= 11 is 0. The van der Waals surface area contributed by atoms with Gasteiger partial charge >= 0.3 is 12.1 Å². The molecule has 182 valence electrons. The molecule has 0 aromatic heterocycles. The van der Waals surface area contributed by atoms with E-state index in [2.05, 4.69) is 15.4 Å². The summed E-state index contributed by atoms with van der Waals surface area (Å²) in [7, 11) is 1.24. The van der Waals surface area contributed by atoms with Crippen LogP contribution in [0.4, 0.5) is 4.79 Å². The van der Waals surface area contributed by atoms with Crippen LogP contribution in [0.25, 0.3) is 0 Å². The van der Waals surface area contributed by atoms with Crippen molar-refractivity contribution < 1.29 is 28.7 Å². The molecule has 3 unspecified atom stereocenters. The number of nitrogens with one attached hydrogen (secondary N) is 2. The maximum absolute atomic E-state index is 13.3. The Morgan fingerprint density at radius 3 is 2.24 bits per heavy atom. The van der Waals surface area contributed by atoms with Crippen LogP contribution >= 0.6 is 0 Å². The normalized spacial score (nSPS) is 18.0. The van der Waals surface area contributed by atoms with E-state index in [0.717, 1.165) is 17.5 Å². The van der Waals surface area contributed by atoms with Gasteiger partial charge in [0.25, 0.3) is 0 Å². The number of carbonyl (C=O) groups excluding carboxylic acids is 4. The van der Waals surface area contributed by atoms with Crippen LogP contribution in [0.2, 0.25) is 0 Å². The SMILES string of the molecule is COC(=O)CNC(=O)C(c1ccc(C)c(C)c1)N(C(=O)CNC(=O)OC(C)(C)C)C1CC1C. The highest BCUT2D eigenvalue weighted by molar-refractivity contribution is 5.92. The average Bonchev–Trinajstić information content (AvgIpc) is 3.44. The molecule has 0 spiro atoms. The highest BCUT2D eigenvalue weighted by atomic mass is 16.6. The molecule has 1 aromatic rings. The average molecular weight is 462 g/mol. The molecule has 1 aromatic carbocycles. The fraction of sp³-hybridized carbons (Fsp3) is 0.583. The van der Waals surface area contributed by atoms with Crippen molar-refractivity contribution in [2.75, 3.05) is 20.2 Å². The Kier molecular flexibility index (Phi) is 8.46. The van der Waals surface area contributed by atoms with E-state index in [0.29, 0.717) is 5.56 Å². The minimum absolute atomic E-state index is 0.159. The molecule has 9 nitrogen and oxygen atoms in total. The number of ether oxygens (including phenoxy) is 2. The molecule has 1 saturated carbocycles. The van der Waals surface area contributed by atoms with Gasteiger partial charge in [-0.2, -0.15) is 0 Å². The van der Waals surface area contributed by atoms with Gasteiger partial charge in [-0.25, -0.2) is 4.79 Å². The Bertz CT molecular complexity index is 908. The number of rotatable bonds is 8. The van der Waals surface area contributed by atoms with Gasteiger partial charge in [-0.15, -0.1) is 0 Å². The van der Waals surface area contributed by atoms with E-state index in [1.807, 2.05) is 32.9 Å². The van der Waals surface area contributed by atoms with Gasteiger partial charge in [-0.1, -0.05) is 25.1 Å². The molecule has 3 amide bonds. The lowest BCUT2D eigenvalue weighted by Crippen LogP contribution is -2.49. The van der Waals surface area contributed by atoms with E-state index in [4.69, 9.17) is 4.74 Å². The predicted molar refractivity (Wildman–Crippen MR) is 122 cm³/mol. The molecule has 33 heavy (non-hydrogen) atoms. The highest BCUT2D eigenvalue weighted by Crippen LogP contribution is 2.40. The summed E-state index contributed by atoms with van der Waals surface area (Å²) in [6.07, 6.45) is 0.0293. The van der Waals surface area contributed by atoms with E-state index in [9.17, 15) is 19.2 Å². The van der Waals surface area contributed by atoms with Gasteiger partial charge in [-0.05, 0) is 63.6 Å². The zero-order valence-corrected chi connectivity index (χ0v) is 20.5. The Balaban J connectivity index is 2.32. The Hall–Kier alpha value is -3.10. The van der Waals surface area contributed by atoms with Crippen LogP contribution in [-0.4, -0.2) is 60.6 Å². The van der Waals surface area contributed by atoms with Crippen LogP contribution in [0.3, 0.4) is 0 Å². The number of esters is 1. The highest BCUT2D eigenvalue weighted by Gasteiger charge is 2.46. The number of hydrogen-bond donors (Lipinski definition) is 2. The number of benzene rings is 1. The second-order valence-corrected chi connectivity index (χ2v) is 9.48. The monoisotopic (exact) mass is 461 g/mol. The minimum atomic E-state index is -0.961. The minimum Gasteiger partial charge on any atom is -0.468 e. The van der Waals surface area contributed by atoms with E-state index < -0.39 is 35.5 Å². The first-order valence-corrected chi connectivity index (χ1v) is 11.0. The van der Waals surface area contributed by atoms with Crippen molar-refractivity contribution >= 4 is 23.9 Å². The van der Waals surface area contributed by atoms with Gasteiger partial charge < -0.3 is 25.0 Å². The van der Waals surface area contributed by atoms with E-state index in [1.54, 1.807) is 26.8 Å². The predicted octanol–water partition coefficient (Wildman–Crippen LogP) is 2.40. The third kappa shape index (κ3) is 7.47. The van der Waals surface area contributed by atoms with E-state index >= 15 is 0 Å². The van der Waals surface area contributed by atoms with Gasteiger partial charge in [0.05, 0.1) is 7.11 Å². The molecular weight excluding hydrogens is 426 g/mol. The molecular formula is C24H35N3O6. The van der Waals surface area contributed by atoms with Crippen molar-refractivity contribution in [3.05, 3.63) is 34.9 Å². The van der Waals surface area contributed by atoms with Crippen molar-refractivity contribution in [3.63, 3.8) is 0 Å². The van der Waals surface area contributed by atoms with Crippen LogP contribution in [0, 0.1) is 19.8 Å². The molecule has 0 aliphatic heterocycles. The molecule has 2 N–H and O–H groups in total. The topological polar surface area (TPSA) is 114 Å². The Morgan fingerprint density at radius 1 is 1.09 bits per heavy atom. The number of amides is 3. The molecule has 2 rings (SSSR count). The Labute approximate surface area is 195 Å². The van der Waals surface area contributed by atoms with E-state index in [-0.39, 0.29) is 25.0 Å². The molecule has 0 radical (unpaired) electrons. The first-order chi connectivity index (χ1) is 15.3. The zero-order valence-electron chi connectivity index (χ0n) is 20.5. The van der Waals surface area contributed by atoms with Crippen molar-refractivity contribution in [2.24, 2.45) is 5.92 Å². The number of nitrogens with zero attached hydrogens (tertiary/aromatic N) is 1. The first kappa shape index (κ1) is 26.2. The quantitative estimate of drug-likeness (QED) is 0.575. The first-order valence-electron chi connectivity index (χ1n) is 11.0. The summed E-state index contributed by atoms with van der Waals surface area (Å²) in [5.74, 6) is -1.29. The van der Waals surface area contributed by atoms with Crippen LogP contribution in [0.1, 0.15) is 56.8 Å². The third-order valence-electron chi connectivity index (χ3n) is 5.50. The number of carbonyl (C=O) groups is 4. The summed E-state index contributed by atoms with van der Waals surface area (Å²) in [4.78, 5) is 51.7. The smallest absolute Gasteiger partial charge is 0.408 e.